The van der Waals surface area contributed by atoms with Gasteiger partial charge in [-0.1, -0.05) is 6.42 Å². The third-order valence-corrected chi connectivity index (χ3v) is 5.50. The largest absolute Gasteiger partial charge is 0.462 e. The van der Waals surface area contributed by atoms with Crippen LogP contribution in [-0.4, -0.2) is 18.5 Å². The molecule has 0 saturated carbocycles. The number of hydrogen-bond acceptors (Lipinski definition) is 5. The van der Waals surface area contributed by atoms with Gasteiger partial charge >= 0.3 is 5.97 Å². The third kappa shape index (κ3) is 4.25. The van der Waals surface area contributed by atoms with Gasteiger partial charge in [0, 0.05) is 11.0 Å². The van der Waals surface area contributed by atoms with E-state index in [0.29, 0.717) is 22.9 Å². The summed E-state index contributed by atoms with van der Waals surface area (Å²) in [7, 11) is 0. The molecule has 0 saturated heterocycles. The predicted octanol–water partition coefficient (Wildman–Crippen LogP) is 4.75. The molecule has 1 aliphatic rings. The highest BCUT2D eigenvalue weighted by molar-refractivity contribution is 7.17. The van der Waals surface area contributed by atoms with Gasteiger partial charge in [-0.15, -0.1) is 11.3 Å². The Morgan fingerprint density at radius 3 is 2.81 bits per heavy atom. The van der Waals surface area contributed by atoms with Crippen LogP contribution in [0.2, 0.25) is 0 Å². The molecule has 0 aliphatic heterocycles. The van der Waals surface area contributed by atoms with E-state index in [1.54, 1.807) is 19.1 Å². The standard InChI is InChI=1S/C20H23NO4S/c1-3-24-20(23)18-15-7-5-4-6-8-16(15)26-19(18)21-17(22)12-11-14-10-9-13(2)25-14/h9-12H,3-8H2,1-2H3,(H,21,22)/b12-11+. The molecule has 0 bridgehead atoms. The van der Waals surface area contributed by atoms with Gasteiger partial charge in [-0.3, -0.25) is 4.79 Å². The molecule has 0 spiro atoms. The fraction of sp³-hybridized carbons (Fsp3) is 0.400. The molecule has 1 aliphatic carbocycles. The molecule has 0 aromatic carbocycles. The van der Waals surface area contributed by atoms with Crippen molar-refractivity contribution in [2.75, 3.05) is 11.9 Å². The van der Waals surface area contributed by atoms with E-state index in [-0.39, 0.29) is 11.9 Å². The van der Waals surface area contributed by atoms with E-state index in [4.69, 9.17) is 9.15 Å². The van der Waals surface area contributed by atoms with Crippen molar-refractivity contribution in [3.63, 3.8) is 0 Å². The van der Waals surface area contributed by atoms with E-state index in [0.717, 1.165) is 43.4 Å². The summed E-state index contributed by atoms with van der Waals surface area (Å²) in [4.78, 5) is 26.0. The molecule has 0 fully saturated rings. The zero-order chi connectivity index (χ0) is 18.5. The van der Waals surface area contributed by atoms with Crippen molar-refractivity contribution in [2.24, 2.45) is 0 Å². The van der Waals surface area contributed by atoms with Gasteiger partial charge in [0.05, 0.1) is 12.2 Å². The maximum absolute atomic E-state index is 12.5. The van der Waals surface area contributed by atoms with Gasteiger partial charge in [-0.05, 0) is 63.3 Å². The summed E-state index contributed by atoms with van der Waals surface area (Å²) in [5.41, 5.74) is 1.58. The minimum atomic E-state index is -0.354. The summed E-state index contributed by atoms with van der Waals surface area (Å²) in [6.45, 7) is 3.95. The molecule has 0 atom stereocenters. The highest BCUT2D eigenvalue weighted by Crippen LogP contribution is 2.38. The lowest BCUT2D eigenvalue weighted by atomic mass is 10.1. The van der Waals surface area contributed by atoms with Gasteiger partial charge in [-0.25, -0.2) is 4.79 Å². The molecule has 5 nitrogen and oxygen atoms in total. The average Bonchev–Trinajstić information content (AvgIpc) is 3.09. The number of aryl methyl sites for hydroxylation is 2. The van der Waals surface area contributed by atoms with E-state index in [1.807, 2.05) is 13.0 Å². The third-order valence-electron chi connectivity index (χ3n) is 4.30. The molecule has 3 rings (SSSR count). The van der Waals surface area contributed by atoms with Crippen LogP contribution in [0, 0.1) is 6.92 Å². The van der Waals surface area contributed by atoms with Crippen LogP contribution in [0.1, 0.15) is 58.5 Å². The maximum atomic E-state index is 12.5. The number of ether oxygens (including phenoxy) is 1. The normalized spacial score (nSPS) is 14.1. The van der Waals surface area contributed by atoms with Crippen LogP contribution in [-0.2, 0) is 22.4 Å². The topological polar surface area (TPSA) is 68.5 Å². The number of carbonyl (C=O) groups is 2. The Bertz CT molecular complexity index is 831. The molecule has 0 unspecified atom stereocenters. The second kappa shape index (κ2) is 8.36. The molecule has 1 N–H and O–H groups in total. The van der Waals surface area contributed by atoms with Gasteiger partial charge in [0.15, 0.2) is 0 Å². The molecule has 26 heavy (non-hydrogen) atoms. The first-order valence-electron chi connectivity index (χ1n) is 8.95. The smallest absolute Gasteiger partial charge is 0.341 e. The van der Waals surface area contributed by atoms with Crippen molar-refractivity contribution in [3.8, 4) is 0 Å². The number of furan rings is 1. The van der Waals surface area contributed by atoms with Gasteiger partial charge in [-0.2, -0.15) is 0 Å². The van der Waals surface area contributed by atoms with Gasteiger partial charge in [0.25, 0.3) is 0 Å². The van der Waals surface area contributed by atoms with E-state index >= 15 is 0 Å². The fourth-order valence-electron chi connectivity index (χ4n) is 3.10. The van der Waals surface area contributed by atoms with Crippen molar-refractivity contribution < 1.29 is 18.7 Å². The highest BCUT2D eigenvalue weighted by atomic mass is 32.1. The van der Waals surface area contributed by atoms with E-state index in [9.17, 15) is 9.59 Å². The molecule has 1 amide bonds. The second-order valence-electron chi connectivity index (χ2n) is 6.26. The number of hydrogen-bond donors (Lipinski definition) is 1. The number of carbonyl (C=O) groups excluding carboxylic acids is 2. The summed E-state index contributed by atoms with van der Waals surface area (Å²) < 4.78 is 10.7. The van der Waals surface area contributed by atoms with Gasteiger partial charge in [0.2, 0.25) is 5.91 Å². The van der Waals surface area contributed by atoms with Crippen molar-refractivity contribution in [3.05, 3.63) is 45.7 Å². The Balaban J connectivity index is 1.82. The minimum Gasteiger partial charge on any atom is -0.462 e. The highest BCUT2D eigenvalue weighted by Gasteiger charge is 2.26. The fourth-order valence-corrected chi connectivity index (χ4v) is 4.38. The SMILES string of the molecule is CCOC(=O)c1c(NC(=O)/C=C/c2ccc(C)o2)sc2c1CCCCC2. The number of anilines is 1. The number of amides is 1. The van der Waals surface area contributed by atoms with Crippen LogP contribution in [0.4, 0.5) is 5.00 Å². The van der Waals surface area contributed by atoms with E-state index in [1.165, 1.54) is 22.3 Å². The minimum absolute atomic E-state index is 0.291. The summed E-state index contributed by atoms with van der Waals surface area (Å²) in [5.74, 6) is 0.760. The molecular weight excluding hydrogens is 350 g/mol. The number of esters is 1. The van der Waals surface area contributed by atoms with Crippen LogP contribution in [0.3, 0.4) is 0 Å². The predicted molar refractivity (Wildman–Crippen MR) is 103 cm³/mol. The van der Waals surface area contributed by atoms with Crippen LogP contribution in [0.25, 0.3) is 6.08 Å². The number of fused-ring (bicyclic) bond motifs is 1. The Kier molecular flexibility index (Phi) is 5.93. The zero-order valence-electron chi connectivity index (χ0n) is 15.1. The van der Waals surface area contributed by atoms with Crippen LogP contribution in [0.5, 0.6) is 0 Å². The molecule has 0 radical (unpaired) electrons. The number of nitrogens with one attached hydrogen (secondary N) is 1. The molecule has 2 heterocycles. The Morgan fingerprint density at radius 1 is 1.27 bits per heavy atom. The second-order valence-corrected chi connectivity index (χ2v) is 7.37. The Hall–Kier alpha value is -2.34. The summed E-state index contributed by atoms with van der Waals surface area (Å²) in [5, 5.41) is 3.44. The first kappa shape index (κ1) is 18.5. The molecule has 2 aromatic heterocycles. The molecular formula is C20H23NO4S. The van der Waals surface area contributed by atoms with Crippen molar-refractivity contribution in [1.82, 2.24) is 0 Å². The summed E-state index contributed by atoms with van der Waals surface area (Å²) in [6.07, 6.45) is 8.17. The molecule has 6 heteroatoms. The lowest BCUT2D eigenvalue weighted by Crippen LogP contribution is -2.13. The first-order valence-corrected chi connectivity index (χ1v) is 9.77. The van der Waals surface area contributed by atoms with E-state index in [2.05, 4.69) is 5.32 Å². The van der Waals surface area contributed by atoms with Crippen molar-refractivity contribution in [2.45, 2.75) is 46.0 Å². The van der Waals surface area contributed by atoms with Gasteiger partial charge in [0.1, 0.15) is 16.5 Å². The van der Waals surface area contributed by atoms with Crippen molar-refractivity contribution in [1.29, 1.82) is 0 Å². The Morgan fingerprint density at radius 2 is 2.08 bits per heavy atom. The van der Waals surface area contributed by atoms with Crippen molar-refractivity contribution >= 4 is 34.3 Å². The zero-order valence-corrected chi connectivity index (χ0v) is 15.9. The summed E-state index contributed by atoms with van der Waals surface area (Å²) >= 11 is 1.49. The number of rotatable bonds is 5. The van der Waals surface area contributed by atoms with Crippen LogP contribution in [0.15, 0.2) is 22.6 Å². The summed E-state index contributed by atoms with van der Waals surface area (Å²) in [6, 6.07) is 3.64. The monoisotopic (exact) mass is 373 g/mol. The molecule has 138 valence electrons. The Labute approximate surface area is 157 Å². The lowest BCUT2D eigenvalue weighted by Gasteiger charge is -2.07. The van der Waals surface area contributed by atoms with Crippen LogP contribution < -0.4 is 5.32 Å². The first-order chi connectivity index (χ1) is 12.6. The van der Waals surface area contributed by atoms with E-state index < -0.39 is 0 Å². The molecule has 2 aromatic rings. The maximum Gasteiger partial charge on any atom is 0.341 e. The van der Waals surface area contributed by atoms with Crippen LogP contribution >= 0.6 is 11.3 Å². The van der Waals surface area contributed by atoms with Gasteiger partial charge < -0.3 is 14.5 Å². The lowest BCUT2D eigenvalue weighted by molar-refractivity contribution is -0.111. The number of thiophene rings is 1. The quantitative estimate of drug-likeness (QED) is 0.467. The average molecular weight is 373 g/mol.